The highest BCUT2D eigenvalue weighted by Crippen LogP contribution is 2.27. The number of nitrogens with zero attached hydrogens (tertiary/aromatic N) is 3. The van der Waals surface area contributed by atoms with Crippen molar-refractivity contribution in [2.24, 2.45) is 5.92 Å². The van der Waals surface area contributed by atoms with E-state index in [0.29, 0.717) is 42.4 Å². The van der Waals surface area contributed by atoms with Gasteiger partial charge in [0.25, 0.3) is 0 Å². The maximum Gasteiger partial charge on any atom is 0.241 e. The molecule has 1 N–H and O–H groups in total. The fourth-order valence-electron chi connectivity index (χ4n) is 3.33. The third-order valence-electron chi connectivity index (χ3n) is 4.97. The van der Waals surface area contributed by atoms with Crippen molar-refractivity contribution in [3.05, 3.63) is 35.5 Å². The standard InChI is InChI=1S/C18H24FN3O2/c1-12-9-14(5-8-16(12)19)18-20-17(24-21-18)10-22(2)15-6-3-13(11-23)4-7-15/h5,8-9,13,15,23H,3-4,6-7,10-11H2,1-2H3. The highest BCUT2D eigenvalue weighted by atomic mass is 19.1. The summed E-state index contributed by atoms with van der Waals surface area (Å²) < 4.78 is 18.7. The van der Waals surface area contributed by atoms with Gasteiger partial charge in [-0.3, -0.25) is 4.90 Å². The van der Waals surface area contributed by atoms with Crippen molar-refractivity contribution in [3.63, 3.8) is 0 Å². The average molecular weight is 333 g/mol. The lowest BCUT2D eigenvalue weighted by molar-refractivity contribution is 0.116. The predicted molar refractivity (Wildman–Crippen MR) is 88.7 cm³/mol. The molecule has 1 aromatic heterocycles. The molecule has 1 aliphatic carbocycles. The van der Waals surface area contributed by atoms with Crippen LogP contribution in [0.15, 0.2) is 22.7 Å². The van der Waals surface area contributed by atoms with Gasteiger partial charge in [0, 0.05) is 18.2 Å². The van der Waals surface area contributed by atoms with Crippen LogP contribution in [0.4, 0.5) is 4.39 Å². The summed E-state index contributed by atoms with van der Waals surface area (Å²) in [6.07, 6.45) is 4.30. The highest BCUT2D eigenvalue weighted by Gasteiger charge is 2.24. The summed E-state index contributed by atoms with van der Waals surface area (Å²) in [5.74, 6) is 1.27. The van der Waals surface area contributed by atoms with Gasteiger partial charge in [0.15, 0.2) is 0 Å². The topological polar surface area (TPSA) is 62.4 Å². The quantitative estimate of drug-likeness (QED) is 0.910. The SMILES string of the molecule is Cc1cc(-c2noc(CN(C)C3CCC(CO)CC3)n2)ccc1F. The van der Waals surface area contributed by atoms with Gasteiger partial charge >= 0.3 is 0 Å². The minimum absolute atomic E-state index is 0.235. The summed E-state index contributed by atoms with van der Waals surface area (Å²) in [4.78, 5) is 6.67. The maximum atomic E-state index is 13.4. The first-order valence-electron chi connectivity index (χ1n) is 8.47. The van der Waals surface area contributed by atoms with Crippen molar-refractivity contribution in [2.75, 3.05) is 13.7 Å². The third-order valence-corrected chi connectivity index (χ3v) is 4.97. The van der Waals surface area contributed by atoms with E-state index in [1.807, 2.05) is 0 Å². The highest BCUT2D eigenvalue weighted by molar-refractivity contribution is 5.55. The zero-order valence-electron chi connectivity index (χ0n) is 14.2. The fraction of sp³-hybridized carbons (Fsp3) is 0.556. The van der Waals surface area contributed by atoms with Crippen molar-refractivity contribution in [2.45, 2.75) is 45.2 Å². The molecular formula is C18H24FN3O2. The summed E-state index contributed by atoms with van der Waals surface area (Å²) in [6, 6.07) is 5.30. The lowest BCUT2D eigenvalue weighted by Gasteiger charge is -2.33. The molecule has 1 aliphatic rings. The molecule has 1 saturated carbocycles. The van der Waals surface area contributed by atoms with Crippen molar-refractivity contribution < 1.29 is 14.0 Å². The molecule has 6 heteroatoms. The zero-order chi connectivity index (χ0) is 17.1. The van der Waals surface area contributed by atoms with E-state index in [4.69, 9.17) is 4.52 Å². The molecule has 3 rings (SSSR count). The van der Waals surface area contributed by atoms with E-state index in [1.54, 1.807) is 19.1 Å². The van der Waals surface area contributed by atoms with E-state index in [0.717, 1.165) is 31.2 Å². The Morgan fingerprint density at radius 2 is 2.04 bits per heavy atom. The first kappa shape index (κ1) is 17.0. The molecule has 24 heavy (non-hydrogen) atoms. The third kappa shape index (κ3) is 3.82. The number of aliphatic hydroxyl groups excluding tert-OH is 1. The second-order valence-electron chi connectivity index (χ2n) is 6.75. The Morgan fingerprint density at radius 1 is 1.29 bits per heavy atom. The van der Waals surface area contributed by atoms with Gasteiger partial charge in [-0.25, -0.2) is 4.39 Å². The second-order valence-corrected chi connectivity index (χ2v) is 6.75. The van der Waals surface area contributed by atoms with Crippen LogP contribution in [0.2, 0.25) is 0 Å². The van der Waals surface area contributed by atoms with Crippen LogP contribution in [0.1, 0.15) is 37.1 Å². The van der Waals surface area contributed by atoms with Gasteiger partial charge in [-0.05, 0) is 69.3 Å². The first-order chi connectivity index (χ1) is 11.6. The van der Waals surface area contributed by atoms with Gasteiger partial charge < -0.3 is 9.63 Å². The maximum absolute atomic E-state index is 13.4. The average Bonchev–Trinajstić information content (AvgIpc) is 3.06. The van der Waals surface area contributed by atoms with Crippen LogP contribution >= 0.6 is 0 Å². The summed E-state index contributed by atoms with van der Waals surface area (Å²) in [5.41, 5.74) is 1.33. The van der Waals surface area contributed by atoms with Crippen molar-refractivity contribution in [3.8, 4) is 11.4 Å². The van der Waals surface area contributed by atoms with E-state index in [-0.39, 0.29) is 5.82 Å². The minimum atomic E-state index is -0.235. The summed E-state index contributed by atoms with van der Waals surface area (Å²) in [7, 11) is 2.07. The Bertz CT molecular complexity index is 681. The van der Waals surface area contributed by atoms with Gasteiger partial charge in [0.2, 0.25) is 11.7 Å². The number of hydrogen-bond donors (Lipinski definition) is 1. The van der Waals surface area contributed by atoms with Crippen LogP contribution in [0, 0.1) is 18.7 Å². The minimum Gasteiger partial charge on any atom is -0.396 e. The number of aryl methyl sites for hydroxylation is 1. The van der Waals surface area contributed by atoms with Gasteiger partial charge in [-0.2, -0.15) is 4.98 Å². The lowest BCUT2D eigenvalue weighted by Crippen LogP contribution is -2.35. The number of halogens is 1. The monoisotopic (exact) mass is 333 g/mol. The number of aromatic nitrogens is 2. The summed E-state index contributed by atoms with van der Waals surface area (Å²) in [6.45, 7) is 2.61. The Morgan fingerprint density at radius 3 is 2.71 bits per heavy atom. The molecule has 0 spiro atoms. The van der Waals surface area contributed by atoms with Gasteiger partial charge in [0.1, 0.15) is 5.82 Å². The van der Waals surface area contributed by atoms with Crippen molar-refractivity contribution in [1.29, 1.82) is 0 Å². The Labute approximate surface area is 141 Å². The Hall–Kier alpha value is -1.79. The molecule has 1 fully saturated rings. The predicted octanol–water partition coefficient (Wildman–Crippen LogP) is 3.17. The Balaban J connectivity index is 1.62. The summed E-state index contributed by atoms with van der Waals surface area (Å²) in [5, 5.41) is 13.2. The molecule has 2 aromatic rings. The van der Waals surface area contributed by atoms with E-state index in [9.17, 15) is 9.50 Å². The molecule has 1 aromatic carbocycles. The number of hydrogen-bond acceptors (Lipinski definition) is 5. The van der Waals surface area contributed by atoms with Gasteiger partial charge in [-0.15, -0.1) is 0 Å². The van der Waals surface area contributed by atoms with E-state index >= 15 is 0 Å². The number of benzene rings is 1. The van der Waals surface area contributed by atoms with Crippen LogP contribution in [0.25, 0.3) is 11.4 Å². The van der Waals surface area contributed by atoms with Crippen molar-refractivity contribution in [1.82, 2.24) is 15.0 Å². The fourth-order valence-corrected chi connectivity index (χ4v) is 3.33. The van der Waals surface area contributed by atoms with E-state index in [2.05, 4.69) is 22.1 Å². The molecule has 5 nitrogen and oxygen atoms in total. The van der Waals surface area contributed by atoms with Gasteiger partial charge in [0.05, 0.1) is 6.54 Å². The Kier molecular flexibility index (Phi) is 5.26. The molecule has 130 valence electrons. The van der Waals surface area contributed by atoms with Crippen LogP contribution in [0.3, 0.4) is 0 Å². The largest absolute Gasteiger partial charge is 0.396 e. The molecule has 0 unspecified atom stereocenters. The molecule has 0 amide bonds. The molecule has 0 bridgehead atoms. The molecule has 0 radical (unpaired) electrons. The molecule has 0 atom stereocenters. The smallest absolute Gasteiger partial charge is 0.241 e. The second kappa shape index (κ2) is 7.40. The van der Waals surface area contributed by atoms with Crippen LogP contribution in [-0.4, -0.2) is 39.8 Å². The van der Waals surface area contributed by atoms with E-state index < -0.39 is 0 Å². The summed E-state index contributed by atoms with van der Waals surface area (Å²) >= 11 is 0. The number of aliphatic hydroxyl groups is 1. The lowest BCUT2D eigenvalue weighted by atomic mass is 9.86. The molecular weight excluding hydrogens is 309 g/mol. The van der Waals surface area contributed by atoms with Crippen LogP contribution in [-0.2, 0) is 6.54 Å². The van der Waals surface area contributed by atoms with Gasteiger partial charge in [-0.1, -0.05) is 5.16 Å². The molecule has 1 heterocycles. The van der Waals surface area contributed by atoms with Crippen LogP contribution in [0.5, 0.6) is 0 Å². The number of rotatable bonds is 5. The first-order valence-corrected chi connectivity index (χ1v) is 8.47. The van der Waals surface area contributed by atoms with Crippen molar-refractivity contribution >= 4 is 0 Å². The van der Waals surface area contributed by atoms with E-state index in [1.165, 1.54) is 6.07 Å². The zero-order valence-corrected chi connectivity index (χ0v) is 14.2. The van der Waals surface area contributed by atoms with Crippen LogP contribution < -0.4 is 0 Å². The molecule has 0 aliphatic heterocycles. The normalized spacial score (nSPS) is 21.4. The molecule has 0 saturated heterocycles.